The zero-order valence-corrected chi connectivity index (χ0v) is 6.38. The summed E-state index contributed by atoms with van der Waals surface area (Å²) in [7, 11) is 0. The van der Waals surface area contributed by atoms with Crippen molar-refractivity contribution in [3.63, 3.8) is 0 Å². The molecule has 0 bridgehead atoms. The van der Waals surface area contributed by atoms with E-state index in [1.54, 1.807) is 0 Å². The summed E-state index contributed by atoms with van der Waals surface area (Å²) >= 11 is 0. The number of ether oxygens (including phenoxy) is 2. The average Bonchev–Trinajstić information content (AvgIpc) is 2.36. The monoisotopic (exact) mass is 142 g/mol. The molecule has 0 aromatic carbocycles. The zero-order valence-electron chi connectivity index (χ0n) is 6.38. The maximum Gasteiger partial charge on any atom is 0.160 e. The van der Waals surface area contributed by atoms with E-state index < -0.39 is 0 Å². The van der Waals surface area contributed by atoms with Crippen molar-refractivity contribution >= 4 is 0 Å². The Morgan fingerprint density at radius 3 is 2.50 bits per heavy atom. The first-order valence-electron chi connectivity index (χ1n) is 4.11. The molecule has 2 aliphatic heterocycles. The molecule has 0 aromatic rings. The average molecular weight is 142 g/mol. The van der Waals surface area contributed by atoms with Crippen LogP contribution in [0.4, 0.5) is 0 Å². The Labute approximate surface area is 61.5 Å². The lowest BCUT2D eigenvalue weighted by molar-refractivity contribution is -0.163. The Kier molecular flexibility index (Phi) is 1.66. The molecule has 2 nitrogen and oxygen atoms in total. The molecule has 2 rings (SSSR count). The van der Waals surface area contributed by atoms with Gasteiger partial charge in [0, 0.05) is 5.92 Å². The van der Waals surface area contributed by atoms with Crippen molar-refractivity contribution in [2.24, 2.45) is 11.8 Å². The molecule has 10 heavy (non-hydrogen) atoms. The van der Waals surface area contributed by atoms with Gasteiger partial charge in [-0.3, -0.25) is 0 Å². The van der Waals surface area contributed by atoms with Crippen LogP contribution in [-0.4, -0.2) is 19.5 Å². The summed E-state index contributed by atoms with van der Waals surface area (Å²) in [6, 6.07) is 0. The second-order valence-corrected chi connectivity index (χ2v) is 3.33. The summed E-state index contributed by atoms with van der Waals surface area (Å²) < 4.78 is 10.9. The summed E-state index contributed by atoms with van der Waals surface area (Å²) in [4.78, 5) is 0. The Morgan fingerprint density at radius 1 is 1.10 bits per heavy atom. The van der Waals surface area contributed by atoms with Crippen LogP contribution in [0.1, 0.15) is 19.8 Å². The second-order valence-electron chi connectivity index (χ2n) is 3.33. The minimum absolute atomic E-state index is 0.142. The van der Waals surface area contributed by atoms with Crippen LogP contribution < -0.4 is 0 Å². The Morgan fingerprint density at radius 2 is 1.80 bits per heavy atom. The molecule has 58 valence electrons. The molecule has 0 radical (unpaired) electrons. The van der Waals surface area contributed by atoms with Crippen molar-refractivity contribution in [3.05, 3.63) is 0 Å². The van der Waals surface area contributed by atoms with Gasteiger partial charge in [-0.2, -0.15) is 0 Å². The number of fused-ring (bicyclic) bond motifs is 1. The number of hydrogen-bond acceptors (Lipinski definition) is 2. The highest BCUT2D eigenvalue weighted by Crippen LogP contribution is 2.34. The van der Waals surface area contributed by atoms with Gasteiger partial charge in [0.15, 0.2) is 6.29 Å². The first-order chi connectivity index (χ1) is 4.88. The lowest BCUT2D eigenvalue weighted by atomic mass is 9.88. The molecule has 1 unspecified atom stereocenters. The smallest absolute Gasteiger partial charge is 0.160 e. The molecule has 0 aliphatic carbocycles. The van der Waals surface area contributed by atoms with Gasteiger partial charge >= 0.3 is 0 Å². The standard InChI is InChI=1S/C8H14O2/c1-6-2-4-9-8-7(6)3-5-10-8/h6-8H,2-5H2,1H3/t6-,7?,8-/m0/s1. The molecular formula is C8H14O2. The van der Waals surface area contributed by atoms with Crippen LogP contribution in [0.25, 0.3) is 0 Å². The van der Waals surface area contributed by atoms with Crippen LogP contribution in [0.15, 0.2) is 0 Å². The van der Waals surface area contributed by atoms with Gasteiger partial charge in [0.1, 0.15) is 0 Å². The minimum Gasteiger partial charge on any atom is -0.352 e. The molecule has 0 amide bonds. The Bertz CT molecular complexity index is 124. The van der Waals surface area contributed by atoms with E-state index in [1.807, 2.05) is 0 Å². The molecule has 2 aliphatic rings. The highest BCUT2D eigenvalue weighted by molar-refractivity contribution is 4.78. The van der Waals surface area contributed by atoms with Crippen LogP contribution in [0.2, 0.25) is 0 Å². The predicted octanol–water partition coefficient (Wildman–Crippen LogP) is 1.41. The maximum atomic E-state index is 5.45. The number of rotatable bonds is 0. The van der Waals surface area contributed by atoms with Crippen molar-refractivity contribution in [2.75, 3.05) is 13.2 Å². The van der Waals surface area contributed by atoms with Gasteiger partial charge in [0.05, 0.1) is 13.2 Å². The van der Waals surface area contributed by atoms with Gasteiger partial charge in [-0.1, -0.05) is 6.92 Å². The van der Waals surface area contributed by atoms with Gasteiger partial charge in [-0.05, 0) is 18.8 Å². The molecule has 3 atom stereocenters. The summed E-state index contributed by atoms with van der Waals surface area (Å²) in [5.74, 6) is 1.50. The molecule has 2 fully saturated rings. The van der Waals surface area contributed by atoms with E-state index in [2.05, 4.69) is 6.92 Å². The van der Waals surface area contributed by atoms with Crippen LogP contribution in [0.5, 0.6) is 0 Å². The third kappa shape index (κ3) is 0.956. The molecular weight excluding hydrogens is 128 g/mol. The van der Waals surface area contributed by atoms with Crippen molar-refractivity contribution in [2.45, 2.75) is 26.1 Å². The fourth-order valence-corrected chi connectivity index (χ4v) is 1.89. The molecule has 0 aromatic heterocycles. The first-order valence-corrected chi connectivity index (χ1v) is 4.11. The topological polar surface area (TPSA) is 18.5 Å². The van der Waals surface area contributed by atoms with Gasteiger partial charge in [0.2, 0.25) is 0 Å². The number of hydrogen-bond donors (Lipinski definition) is 0. The summed E-state index contributed by atoms with van der Waals surface area (Å²) in [5, 5.41) is 0. The van der Waals surface area contributed by atoms with Crippen molar-refractivity contribution < 1.29 is 9.47 Å². The normalized spacial score (nSPS) is 47.1. The lowest BCUT2D eigenvalue weighted by Crippen LogP contribution is -2.31. The van der Waals surface area contributed by atoms with E-state index in [1.165, 1.54) is 12.8 Å². The van der Waals surface area contributed by atoms with E-state index in [0.29, 0.717) is 5.92 Å². The highest BCUT2D eigenvalue weighted by Gasteiger charge is 2.36. The third-order valence-electron chi connectivity index (χ3n) is 2.67. The van der Waals surface area contributed by atoms with Gasteiger partial charge < -0.3 is 9.47 Å². The van der Waals surface area contributed by atoms with Crippen LogP contribution in [0.3, 0.4) is 0 Å². The fraction of sp³-hybridized carbons (Fsp3) is 1.00. The Balaban J connectivity index is 2.03. The second kappa shape index (κ2) is 2.51. The molecule has 0 spiro atoms. The zero-order chi connectivity index (χ0) is 6.97. The Hall–Kier alpha value is -0.0800. The highest BCUT2D eigenvalue weighted by atomic mass is 16.7. The molecule has 2 saturated heterocycles. The van der Waals surface area contributed by atoms with Gasteiger partial charge in [-0.25, -0.2) is 0 Å². The lowest BCUT2D eigenvalue weighted by Gasteiger charge is -2.29. The van der Waals surface area contributed by atoms with Crippen LogP contribution >= 0.6 is 0 Å². The third-order valence-corrected chi connectivity index (χ3v) is 2.67. The van der Waals surface area contributed by atoms with E-state index in [0.717, 1.165) is 19.1 Å². The van der Waals surface area contributed by atoms with Gasteiger partial charge in [0.25, 0.3) is 0 Å². The van der Waals surface area contributed by atoms with Crippen molar-refractivity contribution in [1.82, 2.24) is 0 Å². The van der Waals surface area contributed by atoms with Crippen molar-refractivity contribution in [3.8, 4) is 0 Å². The van der Waals surface area contributed by atoms with Crippen LogP contribution in [-0.2, 0) is 9.47 Å². The van der Waals surface area contributed by atoms with Crippen LogP contribution in [0, 0.1) is 11.8 Å². The van der Waals surface area contributed by atoms with E-state index in [-0.39, 0.29) is 6.29 Å². The summed E-state index contributed by atoms with van der Waals surface area (Å²) in [6.07, 6.45) is 2.56. The predicted molar refractivity (Wildman–Crippen MR) is 37.6 cm³/mol. The van der Waals surface area contributed by atoms with Gasteiger partial charge in [-0.15, -0.1) is 0 Å². The SMILES string of the molecule is C[C@H]1CCO[C@H]2OCCC21. The minimum atomic E-state index is 0.142. The summed E-state index contributed by atoms with van der Waals surface area (Å²) in [5.41, 5.74) is 0. The molecule has 0 N–H and O–H groups in total. The molecule has 2 heterocycles. The van der Waals surface area contributed by atoms with E-state index in [4.69, 9.17) is 9.47 Å². The maximum absolute atomic E-state index is 5.45. The first kappa shape index (κ1) is 6.62. The molecule has 2 heteroatoms. The largest absolute Gasteiger partial charge is 0.352 e. The van der Waals surface area contributed by atoms with E-state index in [9.17, 15) is 0 Å². The van der Waals surface area contributed by atoms with E-state index >= 15 is 0 Å². The summed E-state index contributed by atoms with van der Waals surface area (Å²) in [6.45, 7) is 4.09. The fourth-order valence-electron chi connectivity index (χ4n) is 1.89. The molecule has 0 saturated carbocycles. The quantitative estimate of drug-likeness (QED) is 0.509. The van der Waals surface area contributed by atoms with Crippen molar-refractivity contribution in [1.29, 1.82) is 0 Å².